The molecule has 3 aromatic rings. The van der Waals surface area contributed by atoms with E-state index in [2.05, 4.69) is 4.99 Å². The number of aromatic nitrogens is 1. The normalized spacial score (nSPS) is 15.9. The van der Waals surface area contributed by atoms with Crippen molar-refractivity contribution in [1.29, 1.82) is 0 Å². The lowest BCUT2D eigenvalue weighted by Crippen LogP contribution is -2.40. The van der Waals surface area contributed by atoms with Crippen LogP contribution in [0.15, 0.2) is 69.6 Å². The highest BCUT2D eigenvalue weighted by Crippen LogP contribution is 2.31. The maximum Gasteiger partial charge on any atom is 0.338 e. The number of benzene rings is 2. The first-order valence-electron chi connectivity index (χ1n) is 10.4. The van der Waals surface area contributed by atoms with Crippen LogP contribution in [0, 0.1) is 5.82 Å². The Kier molecular flexibility index (Phi) is 6.29. The number of esters is 1. The van der Waals surface area contributed by atoms with E-state index in [0.29, 0.717) is 31.9 Å². The second kappa shape index (κ2) is 9.15. The van der Waals surface area contributed by atoms with Gasteiger partial charge in [0.05, 0.1) is 35.1 Å². The van der Waals surface area contributed by atoms with Crippen LogP contribution in [0.5, 0.6) is 5.75 Å². The lowest BCUT2D eigenvalue weighted by atomic mass is 9.96. The van der Waals surface area contributed by atoms with Crippen LogP contribution in [0.25, 0.3) is 6.08 Å². The molecule has 1 aromatic heterocycles. The largest absolute Gasteiger partial charge is 0.497 e. The molecule has 0 N–H and O–H groups in total. The maximum atomic E-state index is 13.5. The molecule has 2 heterocycles. The molecule has 4 rings (SSSR count). The lowest BCUT2D eigenvalue weighted by molar-refractivity contribution is -0.143. The van der Waals surface area contributed by atoms with Crippen molar-refractivity contribution in [3.05, 3.63) is 96.4 Å². The molecule has 0 unspecified atom stereocenters. The van der Waals surface area contributed by atoms with E-state index in [1.807, 2.05) is 12.1 Å². The van der Waals surface area contributed by atoms with E-state index in [1.54, 1.807) is 58.2 Å². The number of rotatable bonds is 5. The molecule has 0 saturated carbocycles. The number of thiazole rings is 1. The SMILES string of the molecule is COc1ccc([C@H]2C(C(=O)OC(C)C)=C(C)N=c3s/c(=C/c4ccc(F)cc4)c(=O)n32)cc1. The molecule has 0 bridgehead atoms. The Bertz CT molecular complexity index is 1400. The molecule has 1 aliphatic rings. The fourth-order valence-electron chi connectivity index (χ4n) is 3.67. The number of hydrogen-bond donors (Lipinski definition) is 0. The Labute approximate surface area is 193 Å². The van der Waals surface area contributed by atoms with Crippen molar-refractivity contribution in [2.45, 2.75) is 32.9 Å². The topological polar surface area (TPSA) is 69.9 Å². The van der Waals surface area contributed by atoms with Crippen LogP contribution >= 0.6 is 11.3 Å². The number of hydrogen-bond acceptors (Lipinski definition) is 6. The predicted octanol–water partition coefficient (Wildman–Crippen LogP) is 3.33. The molecule has 0 spiro atoms. The van der Waals surface area contributed by atoms with Gasteiger partial charge in [-0.05, 0) is 62.2 Å². The highest BCUT2D eigenvalue weighted by Gasteiger charge is 2.33. The van der Waals surface area contributed by atoms with Gasteiger partial charge in [0.2, 0.25) is 0 Å². The summed E-state index contributed by atoms with van der Waals surface area (Å²) in [6, 6.07) is 12.4. The first-order valence-corrected chi connectivity index (χ1v) is 11.2. The van der Waals surface area contributed by atoms with Crippen molar-refractivity contribution in [1.82, 2.24) is 4.57 Å². The summed E-state index contributed by atoms with van der Waals surface area (Å²) >= 11 is 1.22. The molecule has 0 amide bonds. The zero-order chi connectivity index (χ0) is 23.7. The molecule has 8 heteroatoms. The summed E-state index contributed by atoms with van der Waals surface area (Å²) in [5, 5.41) is 0. The number of methoxy groups -OCH3 is 1. The minimum absolute atomic E-state index is 0.286. The summed E-state index contributed by atoms with van der Waals surface area (Å²) in [6.45, 7) is 5.28. The average molecular weight is 467 g/mol. The highest BCUT2D eigenvalue weighted by atomic mass is 32.1. The van der Waals surface area contributed by atoms with Crippen molar-refractivity contribution in [3.63, 3.8) is 0 Å². The van der Waals surface area contributed by atoms with Crippen molar-refractivity contribution in [2.75, 3.05) is 7.11 Å². The van der Waals surface area contributed by atoms with Crippen LogP contribution in [0.2, 0.25) is 0 Å². The molecule has 170 valence electrons. The molecule has 1 atom stereocenters. The maximum absolute atomic E-state index is 13.5. The Morgan fingerprint density at radius 3 is 2.42 bits per heavy atom. The molecular formula is C25H23FN2O4S. The first kappa shape index (κ1) is 22.7. The summed E-state index contributed by atoms with van der Waals surface area (Å²) < 4.78 is 26.0. The highest BCUT2D eigenvalue weighted by molar-refractivity contribution is 7.07. The molecular weight excluding hydrogens is 443 g/mol. The van der Waals surface area contributed by atoms with Crippen LogP contribution in [0.4, 0.5) is 4.39 Å². The van der Waals surface area contributed by atoms with Gasteiger partial charge in [0.15, 0.2) is 4.80 Å². The van der Waals surface area contributed by atoms with E-state index >= 15 is 0 Å². The fraction of sp³-hybridized carbons (Fsp3) is 0.240. The van der Waals surface area contributed by atoms with Crippen LogP contribution in [0.1, 0.15) is 37.9 Å². The van der Waals surface area contributed by atoms with Crippen molar-refractivity contribution in [2.24, 2.45) is 4.99 Å². The van der Waals surface area contributed by atoms with E-state index in [4.69, 9.17) is 9.47 Å². The fourth-order valence-corrected chi connectivity index (χ4v) is 4.72. The lowest BCUT2D eigenvalue weighted by Gasteiger charge is -2.25. The van der Waals surface area contributed by atoms with E-state index in [1.165, 1.54) is 28.0 Å². The van der Waals surface area contributed by atoms with Crippen LogP contribution in [-0.4, -0.2) is 23.8 Å². The second-order valence-electron chi connectivity index (χ2n) is 7.86. The van der Waals surface area contributed by atoms with Gasteiger partial charge >= 0.3 is 5.97 Å². The number of halogens is 1. The molecule has 0 radical (unpaired) electrons. The Morgan fingerprint density at radius 2 is 1.82 bits per heavy atom. The van der Waals surface area contributed by atoms with Gasteiger partial charge in [-0.2, -0.15) is 0 Å². The van der Waals surface area contributed by atoms with E-state index in [9.17, 15) is 14.0 Å². The van der Waals surface area contributed by atoms with Crippen LogP contribution < -0.4 is 19.6 Å². The van der Waals surface area contributed by atoms with Gasteiger partial charge < -0.3 is 9.47 Å². The van der Waals surface area contributed by atoms with Gasteiger partial charge in [0.1, 0.15) is 11.6 Å². The zero-order valence-electron chi connectivity index (χ0n) is 18.7. The first-order chi connectivity index (χ1) is 15.8. The molecule has 0 fully saturated rings. The summed E-state index contributed by atoms with van der Waals surface area (Å²) in [5.41, 5.74) is 1.95. The van der Waals surface area contributed by atoms with Crippen molar-refractivity contribution >= 4 is 23.4 Å². The number of allylic oxidation sites excluding steroid dienone is 1. The third kappa shape index (κ3) is 4.52. The minimum Gasteiger partial charge on any atom is -0.497 e. The van der Waals surface area contributed by atoms with Gasteiger partial charge in [0.25, 0.3) is 5.56 Å². The average Bonchev–Trinajstić information content (AvgIpc) is 3.08. The van der Waals surface area contributed by atoms with Gasteiger partial charge in [-0.1, -0.05) is 35.6 Å². The summed E-state index contributed by atoms with van der Waals surface area (Å²) in [5.74, 6) is -0.202. The van der Waals surface area contributed by atoms with Gasteiger partial charge in [-0.3, -0.25) is 9.36 Å². The van der Waals surface area contributed by atoms with E-state index in [0.717, 1.165) is 5.56 Å². The van der Waals surface area contributed by atoms with Gasteiger partial charge in [0, 0.05) is 0 Å². The summed E-state index contributed by atoms with van der Waals surface area (Å²) in [4.78, 5) is 31.6. The Hall–Kier alpha value is -3.52. The third-order valence-corrected chi connectivity index (χ3v) is 6.17. The number of fused-ring (bicyclic) bond motifs is 1. The Balaban J connectivity index is 1.92. The third-order valence-electron chi connectivity index (χ3n) is 5.18. The molecule has 2 aromatic carbocycles. The van der Waals surface area contributed by atoms with E-state index < -0.39 is 12.0 Å². The Morgan fingerprint density at radius 1 is 1.15 bits per heavy atom. The molecule has 33 heavy (non-hydrogen) atoms. The summed E-state index contributed by atoms with van der Waals surface area (Å²) in [6.07, 6.45) is 1.37. The van der Waals surface area contributed by atoms with Crippen LogP contribution in [0.3, 0.4) is 0 Å². The number of ether oxygens (including phenoxy) is 2. The van der Waals surface area contributed by atoms with E-state index in [-0.39, 0.29) is 17.5 Å². The van der Waals surface area contributed by atoms with Crippen molar-refractivity contribution < 1.29 is 18.7 Å². The standard InChI is InChI=1S/C25H23FN2O4S/c1-14(2)32-24(30)21-15(3)27-25-28(22(21)17-7-11-19(31-4)12-8-17)23(29)20(33-25)13-16-5-9-18(26)10-6-16/h5-14,22H,1-4H3/b20-13+/t22-/m0/s1. The zero-order valence-corrected chi connectivity index (χ0v) is 19.5. The second-order valence-corrected chi connectivity index (χ2v) is 8.87. The monoisotopic (exact) mass is 466 g/mol. The van der Waals surface area contributed by atoms with Crippen LogP contribution in [-0.2, 0) is 9.53 Å². The minimum atomic E-state index is -0.700. The molecule has 1 aliphatic heterocycles. The smallest absolute Gasteiger partial charge is 0.338 e. The van der Waals surface area contributed by atoms with Gasteiger partial charge in [-0.15, -0.1) is 0 Å². The molecule has 6 nitrogen and oxygen atoms in total. The molecule has 0 aliphatic carbocycles. The summed E-state index contributed by atoms with van der Waals surface area (Å²) in [7, 11) is 1.57. The molecule has 0 saturated heterocycles. The quantitative estimate of drug-likeness (QED) is 0.541. The van der Waals surface area contributed by atoms with Gasteiger partial charge in [-0.25, -0.2) is 14.2 Å². The van der Waals surface area contributed by atoms with Crippen molar-refractivity contribution in [3.8, 4) is 5.75 Å². The number of carbonyl (C=O) groups is 1. The number of nitrogens with zero attached hydrogens (tertiary/aromatic N) is 2. The number of carbonyl (C=O) groups excluding carboxylic acids is 1. The predicted molar refractivity (Wildman–Crippen MR) is 124 cm³/mol.